The molecule has 36 heavy (non-hydrogen) atoms. The SMILES string of the molecule is CC(=O)N1CCN(C(=O)c2cc(Sc3cnc(Nc4cccc(N5CCCC5)n4)s3)ccc2O)CC1. The molecule has 2 aliphatic rings. The molecule has 2 amide bonds. The maximum Gasteiger partial charge on any atom is 0.257 e. The van der Waals surface area contributed by atoms with Crippen LogP contribution in [0, 0.1) is 0 Å². The van der Waals surface area contributed by atoms with Gasteiger partial charge in [0.15, 0.2) is 5.13 Å². The summed E-state index contributed by atoms with van der Waals surface area (Å²) < 4.78 is 0.951. The Morgan fingerprint density at radius 1 is 1.03 bits per heavy atom. The van der Waals surface area contributed by atoms with Gasteiger partial charge in [-0.05, 0) is 43.2 Å². The van der Waals surface area contributed by atoms with Crippen LogP contribution < -0.4 is 10.2 Å². The van der Waals surface area contributed by atoms with Crippen molar-refractivity contribution < 1.29 is 14.7 Å². The molecule has 0 spiro atoms. The van der Waals surface area contributed by atoms with Gasteiger partial charge in [0, 0.05) is 51.1 Å². The zero-order valence-corrected chi connectivity index (χ0v) is 21.6. The Labute approximate surface area is 218 Å². The van der Waals surface area contributed by atoms with Gasteiger partial charge in [-0.1, -0.05) is 29.2 Å². The summed E-state index contributed by atoms with van der Waals surface area (Å²) in [5, 5.41) is 14.4. The number of benzene rings is 1. The predicted octanol–water partition coefficient (Wildman–Crippen LogP) is 4.04. The third kappa shape index (κ3) is 5.57. The van der Waals surface area contributed by atoms with Crippen LogP contribution in [-0.2, 0) is 4.79 Å². The van der Waals surface area contributed by atoms with Gasteiger partial charge in [-0.3, -0.25) is 9.59 Å². The number of piperazine rings is 1. The van der Waals surface area contributed by atoms with Gasteiger partial charge in [-0.15, -0.1) is 0 Å². The fourth-order valence-corrected chi connectivity index (χ4v) is 6.25. The van der Waals surface area contributed by atoms with Gasteiger partial charge < -0.3 is 25.1 Å². The summed E-state index contributed by atoms with van der Waals surface area (Å²) in [4.78, 5) is 40.4. The first-order valence-corrected chi connectivity index (χ1v) is 13.6. The molecule has 0 saturated carbocycles. The number of phenols is 1. The highest BCUT2D eigenvalue weighted by Crippen LogP contribution is 2.37. The van der Waals surface area contributed by atoms with Gasteiger partial charge in [0.25, 0.3) is 5.91 Å². The van der Waals surface area contributed by atoms with E-state index in [0.29, 0.717) is 26.2 Å². The predicted molar refractivity (Wildman–Crippen MR) is 141 cm³/mol. The molecule has 5 rings (SSSR count). The molecule has 11 heteroatoms. The number of anilines is 3. The van der Waals surface area contributed by atoms with Gasteiger partial charge in [0.05, 0.1) is 16.0 Å². The van der Waals surface area contributed by atoms with Gasteiger partial charge in [0.2, 0.25) is 5.91 Å². The number of hydrogen-bond donors (Lipinski definition) is 2. The number of aromatic nitrogens is 2. The van der Waals surface area contributed by atoms with Gasteiger partial charge in [-0.25, -0.2) is 9.97 Å². The average molecular weight is 525 g/mol. The number of amides is 2. The summed E-state index contributed by atoms with van der Waals surface area (Å²) >= 11 is 2.99. The van der Waals surface area contributed by atoms with E-state index in [1.807, 2.05) is 18.2 Å². The number of nitrogens with zero attached hydrogens (tertiary/aromatic N) is 5. The quantitative estimate of drug-likeness (QED) is 0.498. The molecule has 9 nitrogen and oxygen atoms in total. The number of aromatic hydroxyl groups is 1. The molecule has 2 aromatic heterocycles. The Morgan fingerprint density at radius 3 is 2.53 bits per heavy atom. The number of carbonyl (C=O) groups excluding carboxylic acids is 2. The van der Waals surface area contributed by atoms with Crippen molar-refractivity contribution in [2.45, 2.75) is 28.9 Å². The molecule has 1 aromatic carbocycles. The molecule has 0 unspecified atom stereocenters. The van der Waals surface area contributed by atoms with Crippen LogP contribution in [0.1, 0.15) is 30.1 Å². The third-order valence-electron chi connectivity index (χ3n) is 6.31. The number of thiazole rings is 1. The molecule has 0 atom stereocenters. The van der Waals surface area contributed by atoms with E-state index in [0.717, 1.165) is 39.0 Å². The van der Waals surface area contributed by atoms with Crippen molar-refractivity contribution in [3.8, 4) is 5.75 Å². The summed E-state index contributed by atoms with van der Waals surface area (Å²) in [6, 6.07) is 11.0. The zero-order valence-electron chi connectivity index (χ0n) is 20.0. The minimum absolute atomic E-state index is 0.0110. The first-order valence-electron chi connectivity index (χ1n) is 12.0. The highest BCUT2D eigenvalue weighted by molar-refractivity contribution is 8.01. The Morgan fingerprint density at radius 2 is 1.78 bits per heavy atom. The van der Waals surface area contributed by atoms with Crippen LogP contribution in [0.5, 0.6) is 5.75 Å². The van der Waals surface area contributed by atoms with Crippen LogP contribution in [0.15, 0.2) is 51.7 Å². The first kappa shape index (κ1) is 24.4. The summed E-state index contributed by atoms with van der Waals surface area (Å²) in [6.45, 7) is 5.52. The van der Waals surface area contributed by atoms with Gasteiger partial charge in [-0.2, -0.15) is 0 Å². The molecule has 0 aliphatic carbocycles. The van der Waals surface area contributed by atoms with Crippen LogP contribution in [-0.4, -0.2) is 76.0 Å². The molecule has 188 valence electrons. The molecule has 2 saturated heterocycles. The Kier molecular flexibility index (Phi) is 7.28. The lowest BCUT2D eigenvalue weighted by molar-refractivity contribution is -0.130. The molecular formula is C25H28N6O3S2. The van der Waals surface area contributed by atoms with E-state index in [1.54, 1.807) is 34.2 Å². The highest BCUT2D eigenvalue weighted by atomic mass is 32.2. The minimum Gasteiger partial charge on any atom is -0.507 e. The summed E-state index contributed by atoms with van der Waals surface area (Å²) in [5.74, 6) is 1.47. The zero-order chi connectivity index (χ0) is 25.1. The molecule has 3 aromatic rings. The number of hydrogen-bond acceptors (Lipinski definition) is 9. The summed E-state index contributed by atoms with van der Waals surface area (Å²) in [7, 11) is 0. The Hall–Kier alpha value is -3.31. The minimum atomic E-state index is -0.228. The van der Waals surface area contributed by atoms with Crippen molar-refractivity contribution in [3.05, 3.63) is 48.2 Å². The van der Waals surface area contributed by atoms with E-state index in [9.17, 15) is 14.7 Å². The molecule has 0 bridgehead atoms. The number of carbonyl (C=O) groups is 2. The second-order valence-electron chi connectivity index (χ2n) is 8.76. The molecule has 4 heterocycles. The maximum absolute atomic E-state index is 13.1. The third-order valence-corrected chi connectivity index (χ3v) is 8.32. The number of phenolic OH excluding ortho intramolecular Hbond substituents is 1. The van der Waals surface area contributed by atoms with Crippen molar-refractivity contribution in [2.75, 3.05) is 49.5 Å². The topological polar surface area (TPSA) is 102 Å². The smallest absolute Gasteiger partial charge is 0.257 e. The van der Waals surface area contributed by atoms with Gasteiger partial charge >= 0.3 is 0 Å². The van der Waals surface area contributed by atoms with Crippen LogP contribution in [0.2, 0.25) is 0 Å². The van der Waals surface area contributed by atoms with Crippen molar-refractivity contribution in [3.63, 3.8) is 0 Å². The van der Waals surface area contributed by atoms with Crippen LogP contribution in [0.3, 0.4) is 0 Å². The van der Waals surface area contributed by atoms with Crippen LogP contribution in [0.25, 0.3) is 0 Å². The van der Waals surface area contributed by atoms with Crippen molar-refractivity contribution in [2.24, 2.45) is 0 Å². The van der Waals surface area contributed by atoms with Crippen LogP contribution in [0.4, 0.5) is 16.8 Å². The van der Waals surface area contributed by atoms with Gasteiger partial charge in [0.1, 0.15) is 17.4 Å². The second kappa shape index (κ2) is 10.8. The number of pyridine rings is 1. The van der Waals surface area contributed by atoms with E-state index >= 15 is 0 Å². The van der Waals surface area contributed by atoms with E-state index in [4.69, 9.17) is 4.98 Å². The van der Waals surface area contributed by atoms with E-state index < -0.39 is 0 Å². The number of nitrogens with one attached hydrogen (secondary N) is 1. The fourth-order valence-electron chi connectivity index (χ4n) is 4.35. The highest BCUT2D eigenvalue weighted by Gasteiger charge is 2.25. The van der Waals surface area contributed by atoms with Crippen molar-refractivity contribution >= 4 is 51.7 Å². The largest absolute Gasteiger partial charge is 0.507 e. The van der Waals surface area contributed by atoms with E-state index in [1.165, 1.54) is 42.9 Å². The lowest BCUT2D eigenvalue weighted by Gasteiger charge is -2.34. The average Bonchev–Trinajstić information content (AvgIpc) is 3.58. The maximum atomic E-state index is 13.1. The molecule has 2 aliphatic heterocycles. The van der Waals surface area contributed by atoms with E-state index in [2.05, 4.69) is 15.2 Å². The fraction of sp³-hybridized carbons (Fsp3) is 0.360. The summed E-state index contributed by atoms with van der Waals surface area (Å²) in [6.07, 6.45) is 4.19. The Balaban J connectivity index is 1.24. The summed E-state index contributed by atoms with van der Waals surface area (Å²) in [5.41, 5.74) is 0.266. The van der Waals surface area contributed by atoms with Crippen molar-refractivity contribution in [1.82, 2.24) is 19.8 Å². The Bertz CT molecular complexity index is 1250. The molecular weight excluding hydrogens is 496 g/mol. The van der Waals surface area contributed by atoms with Crippen molar-refractivity contribution in [1.29, 1.82) is 0 Å². The molecule has 2 fully saturated rings. The lowest BCUT2D eigenvalue weighted by Crippen LogP contribution is -2.50. The lowest BCUT2D eigenvalue weighted by atomic mass is 10.1. The number of rotatable bonds is 6. The molecule has 0 radical (unpaired) electrons. The monoisotopic (exact) mass is 524 g/mol. The standard InChI is InChI=1S/C25H28N6O3S2/c1-17(32)29-11-13-31(14-12-29)24(34)19-15-18(7-8-20(19)33)35-23-16-26-25(36-23)28-21-5-4-6-22(27-21)30-9-2-3-10-30/h4-8,15-16,33H,2-3,9-14H2,1H3,(H,26,27,28). The molecule has 2 N–H and O–H groups in total. The first-order chi connectivity index (χ1) is 17.5. The van der Waals surface area contributed by atoms with Crippen LogP contribution >= 0.6 is 23.1 Å². The van der Waals surface area contributed by atoms with E-state index in [-0.39, 0.29) is 23.1 Å². The second-order valence-corrected chi connectivity index (χ2v) is 11.2. The normalized spacial score (nSPS) is 15.9.